The number of halogens is 3. The molecule has 0 radical (unpaired) electrons. The molecule has 0 amide bonds. The van der Waals surface area contributed by atoms with Crippen molar-refractivity contribution in [2.45, 2.75) is 58.3 Å². The molecule has 0 atom stereocenters. The quantitative estimate of drug-likeness (QED) is 0.632. The van der Waals surface area contributed by atoms with Gasteiger partial charge in [0.2, 0.25) is 0 Å². The molecular weight excluding hydrogens is 277 g/mol. The minimum atomic E-state index is -2.12. The molecule has 0 unspecified atom stereocenters. The Hall–Kier alpha value is -0.510. The molecule has 122 valence electrons. The second-order valence-electron chi connectivity index (χ2n) is 6.66. The maximum atomic E-state index is 13.3. The normalized spacial score (nSPS) is 33.7. The van der Waals surface area contributed by atoms with Crippen LogP contribution in [0.15, 0.2) is 11.9 Å². The highest BCUT2D eigenvalue weighted by molar-refractivity contribution is 5.00. The van der Waals surface area contributed by atoms with E-state index in [1.165, 1.54) is 25.7 Å². The number of ether oxygens (including phenoxy) is 1. The van der Waals surface area contributed by atoms with E-state index in [9.17, 15) is 13.2 Å². The first-order valence-corrected chi connectivity index (χ1v) is 8.40. The molecule has 4 heteroatoms. The van der Waals surface area contributed by atoms with Crippen molar-refractivity contribution in [1.29, 1.82) is 0 Å². The third-order valence-corrected chi connectivity index (χ3v) is 5.43. The van der Waals surface area contributed by atoms with Crippen molar-refractivity contribution in [3.63, 3.8) is 0 Å². The monoisotopic (exact) mass is 304 g/mol. The second kappa shape index (κ2) is 8.21. The van der Waals surface area contributed by atoms with Crippen LogP contribution in [0, 0.1) is 23.7 Å². The van der Waals surface area contributed by atoms with E-state index in [1.807, 2.05) is 6.92 Å². The van der Waals surface area contributed by atoms with Gasteiger partial charge in [-0.05, 0) is 76.0 Å². The Morgan fingerprint density at radius 3 is 1.86 bits per heavy atom. The van der Waals surface area contributed by atoms with Crippen molar-refractivity contribution < 1.29 is 17.9 Å². The van der Waals surface area contributed by atoms with Crippen LogP contribution in [0.2, 0.25) is 0 Å². The van der Waals surface area contributed by atoms with Crippen LogP contribution in [0.5, 0.6) is 0 Å². The van der Waals surface area contributed by atoms with Gasteiger partial charge in [0.25, 0.3) is 0 Å². The molecule has 0 heterocycles. The molecule has 0 bridgehead atoms. The summed E-state index contributed by atoms with van der Waals surface area (Å²) in [6.45, 7) is 3.69. The van der Waals surface area contributed by atoms with Gasteiger partial charge in [0.1, 0.15) is 0 Å². The molecule has 2 rings (SSSR count). The Labute approximate surface area is 125 Å². The first kappa shape index (κ1) is 16.9. The molecule has 2 aliphatic rings. The van der Waals surface area contributed by atoms with E-state index >= 15 is 0 Å². The lowest BCUT2D eigenvalue weighted by molar-refractivity contribution is 0.0715. The van der Waals surface area contributed by atoms with Crippen LogP contribution in [-0.2, 0) is 4.74 Å². The summed E-state index contributed by atoms with van der Waals surface area (Å²) in [6.07, 6.45) is 5.77. The Kier molecular flexibility index (Phi) is 6.59. The SMILES string of the molecule is CCOCC1CCC(C2CCC(C(F)=C(F)F)CC2)CC1. The molecule has 0 aromatic heterocycles. The fourth-order valence-electron chi connectivity index (χ4n) is 4.11. The molecule has 0 saturated heterocycles. The maximum Gasteiger partial charge on any atom is 0.301 e. The predicted octanol–water partition coefficient (Wildman–Crippen LogP) is 5.71. The Morgan fingerprint density at radius 2 is 1.38 bits per heavy atom. The molecule has 0 N–H and O–H groups in total. The molecule has 2 saturated carbocycles. The molecule has 2 fully saturated rings. The van der Waals surface area contributed by atoms with Crippen molar-refractivity contribution >= 4 is 0 Å². The standard InChI is InChI=1S/C17H27F3O/c1-2-21-11-12-3-5-13(6-4-12)14-7-9-15(10-8-14)16(18)17(19)20/h12-15H,2-11H2,1H3. The topological polar surface area (TPSA) is 9.23 Å². The zero-order valence-electron chi connectivity index (χ0n) is 12.9. The second-order valence-corrected chi connectivity index (χ2v) is 6.66. The molecule has 21 heavy (non-hydrogen) atoms. The molecule has 2 aliphatic carbocycles. The average molecular weight is 304 g/mol. The summed E-state index contributed by atoms with van der Waals surface area (Å²) in [4.78, 5) is 0. The van der Waals surface area contributed by atoms with Crippen LogP contribution in [0.4, 0.5) is 13.2 Å². The number of rotatable bonds is 5. The number of hydrogen-bond acceptors (Lipinski definition) is 1. The van der Waals surface area contributed by atoms with Gasteiger partial charge in [-0.2, -0.15) is 8.78 Å². The van der Waals surface area contributed by atoms with Gasteiger partial charge in [-0.1, -0.05) is 0 Å². The molecule has 0 spiro atoms. The summed E-state index contributed by atoms with van der Waals surface area (Å²) in [5.74, 6) is 0.337. The highest BCUT2D eigenvalue weighted by atomic mass is 19.3. The Morgan fingerprint density at radius 1 is 0.857 bits per heavy atom. The van der Waals surface area contributed by atoms with Crippen LogP contribution in [-0.4, -0.2) is 13.2 Å². The van der Waals surface area contributed by atoms with Crippen LogP contribution < -0.4 is 0 Å². The minimum Gasteiger partial charge on any atom is -0.381 e. The molecule has 1 nitrogen and oxygen atoms in total. The van der Waals surface area contributed by atoms with Gasteiger partial charge in [0.15, 0.2) is 5.83 Å². The summed E-state index contributed by atoms with van der Waals surface area (Å²) < 4.78 is 43.4. The number of hydrogen-bond donors (Lipinski definition) is 0. The maximum absolute atomic E-state index is 13.3. The van der Waals surface area contributed by atoms with Gasteiger partial charge in [0, 0.05) is 19.1 Å². The largest absolute Gasteiger partial charge is 0.381 e. The van der Waals surface area contributed by atoms with Crippen LogP contribution in [0.3, 0.4) is 0 Å². The predicted molar refractivity (Wildman–Crippen MR) is 77.7 cm³/mol. The highest BCUT2D eigenvalue weighted by Gasteiger charge is 2.32. The van der Waals surface area contributed by atoms with Crippen molar-refractivity contribution in [3.05, 3.63) is 11.9 Å². The van der Waals surface area contributed by atoms with Crippen molar-refractivity contribution in [2.24, 2.45) is 23.7 Å². The van der Waals surface area contributed by atoms with Crippen LogP contribution in [0.25, 0.3) is 0 Å². The van der Waals surface area contributed by atoms with E-state index in [0.29, 0.717) is 30.6 Å². The van der Waals surface area contributed by atoms with Gasteiger partial charge in [-0.25, -0.2) is 4.39 Å². The van der Waals surface area contributed by atoms with Gasteiger partial charge < -0.3 is 4.74 Å². The Bertz CT molecular complexity index is 336. The third kappa shape index (κ3) is 4.73. The van der Waals surface area contributed by atoms with E-state index in [0.717, 1.165) is 26.1 Å². The zero-order chi connectivity index (χ0) is 15.2. The van der Waals surface area contributed by atoms with E-state index in [2.05, 4.69) is 0 Å². The van der Waals surface area contributed by atoms with Gasteiger partial charge in [0.05, 0.1) is 0 Å². The summed E-state index contributed by atoms with van der Waals surface area (Å²) in [7, 11) is 0. The van der Waals surface area contributed by atoms with Crippen LogP contribution in [0.1, 0.15) is 58.3 Å². The Balaban J connectivity index is 1.73. The lowest BCUT2D eigenvalue weighted by atomic mass is 9.69. The smallest absolute Gasteiger partial charge is 0.301 e. The lowest BCUT2D eigenvalue weighted by Gasteiger charge is -2.37. The van der Waals surface area contributed by atoms with Crippen molar-refractivity contribution in [3.8, 4) is 0 Å². The van der Waals surface area contributed by atoms with Crippen molar-refractivity contribution in [2.75, 3.05) is 13.2 Å². The van der Waals surface area contributed by atoms with E-state index in [4.69, 9.17) is 4.74 Å². The number of allylic oxidation sites excluding steroid dienone is 1. The fourth-order valence-corrected chi connectivity index (χ4v) is 4.11. The van der Waals surface area contributed by atoms with Gasteiger partial charge in [-0.15, -0.1) is 0 Å². The molecule has 0 aromatic carbocycles. The summed E-state index contributed by atoms with van der Waals surface area (Å²) in [6, 6.07) is 0. The van der Waals surface area contributed by atoms with E-state index < -0.39 is 17.8 Å². The summed E-state index contributed by atoms with van der Waals surface area (Å²) in [5, 5.41) is 0. The lowest BCUT2D eigenvalue weighted by Crippen LogP contribution is -2.27. The van der Waals surface area contributed by atoms with Gasteiger partial charge >= 0.3 is 6.08 Å². The van der Waals surface area contributed by atoms with E-state index in [1.54, 1.807) is 0 Å². The molecular formula is C17H27F3O. The van der Waals surface area contributed by atoms with E-state index in [-0.39, 0.29) is 0 Å². The summed E-state index contributed by atoms with van der Waals surface area (Å²) >= 11 is 0. The average Bonchev–Trinajstić information content (AvgIpc) is 2.53. The van der Waals surface area contributed by atoms with Gasteiger partial charge in [-0.3, -0.25) is 0 Å². The third-order valence-electron chi connectivity index (χ3n) is 5.43. The van der Waals surface area contributed by atoms with Crippen molar-refractivity contribution in [1.82, 2.24) is 0 Å². The minimum absolute atomic E-state index is 0.527. The first-order valence-electron chi connectivity index (χ1n) is 8.40. The van der Waals surface area contributed by atoms with Crippen LogP contribution >= 0.6 is 0 Å². The molecule has 0 aliphatic heterocycles. The first-order chi connectivity index (χ1) is 10.1. The molecule has 0 aromatic rings. The highest BCUT2D eigenvalue weighted by Crippen LogP contribution is 2.43. The summed E-state index contributed by atoms with van der Waals surface area (Å²) in [5.41, 5.74) is 0. The fraction of sp³-hybridized carbons (Fsp3) is 0.882. The zero-order valence-corrected chi connectivity index (χ0v) is 12.9.